The first-order valence-electron chi connectivity index (χ1n) is 23.4. The molecular formula is C52H75N5O6. The molecule has 0 aromatic heterocycles. The van der Waals surface area contributed by atoms with Gasteiger partial charge in [0, 0.05) is 99.5 Å². The smallest absolute Gasteiger partial charge is 0.407 e. The van der Waals surface area contributed by atoms with Gasteiger partial charge in [-0.3, -0.25) is 0 Å². The third-order valence-corrected chi connectivity index (χ3v) is 10.9. The molecule has 0 saturated carbocycles. The van der Waals surface area contributed by atoms with E-state index in [4.69, 9.17) is 46.6 Å². The maximum absolute atomic E-state index is 11.9. The lowest BCUT2D eigenvalue weighted by molar-refractivity contribution is 0.0527. The Hall–Kier alpha value is -5.45. The number of hydrogen-bond acceptors (Lipinski definition) is 10. The number of carbonyl (C=O) groups excluding carboxylic acids is 1. The van der Waals surface area contributed by atoms with Gasteiger partial charge in [0.05, 0.1) is 26.4 Å². The number of rotatable bonds is 21. The summed E-state index contributed by atoms with van der Waals surface area (Å²) in [7, 11) is 0. The van der Waals surface area contributed by atoms with Gasteiger partial charge in [-0.15, -0.1) is 0 Å². The number of nitrogens with two attached hydrogens (primary N) is 4. The average molecular weight is 866 g/mol. The summed E-state index contributed by atoms with van der Waals surface area (Å²) in [6.07, 6.45) is 12.8. The zero-order chi connectivity index (χ0) is 45.4. The SMILES string of the molecule is CCCOc1c2cc(N)cc1Cc1cc(N)cc(c1OCCC)Cc1cc(N)cc(c1OCCCCCCCCCCNC(=O)OC(C)(C)C)Cc1cc(N)cc(c1OCCC)C2. The number of ether oxygens (including phenoxy) is 5. The van der Waals surface area contributed by atoms with Crippen LogP contribution in [0, 0.1) is 0 Å². The molecule has 0 aliphatic heterocycles. The number of anilines is 4. The van der Waals surface area contributed by atoms with Crippen LogP contribution in [0.1, 0.15) is 157 Å². The van der Waals surface area contributed by atoms with Crippen LogP contribution in [-0.2, 0) is 30.4 Å². The summed E-state index contributed by atoms with van der Waals surface area (Å²) < 4.78 is 32.0. The monoisotopic (exact) mass is 866 g/mol. The molecule has 4 aromatic carbocycles. The third kappa shape index (κ3) is 14.8. The number of hydrogen-bond donors (Lipinski definition) is 5. The van der Waals surface area contributed by atoms with E-state index in [9.17, 15) is 4.79 Å². The molecule has 1 aliphatic rings. The number of fused-ring (bicyclic) bond motifs is 8. The predicted octanol–water partition coefficient (Wildman–Crippen LogP) is 11.1. The molecule has 0 heterocycles. The molecule has 63 heavy (non-hydrogen) atoms. The summed E-state index contributed by atoms with van der Waals surface area (Å²) in [6.45, 7) is 14.8. The topological polar surface area (TPSA) is 179 Å². The van der Waals surface area contributed by atoms with Gasteiger partial charge in [0.2, 0.25) is 0 Å². The highest BCUT2D eigenvalue weighted by Gasteiger charge is 2.24. The maximum Gasteiger partial charge on any atom is 0.407 e. The summed E-state index contributed by atoms with van der Waals surface area (Å²) in [4.78, 5) is 11.9. The number of alkyl carbamates (subject to hydrolysis) is 1. The maximum atomic E-state index is 11.9. The van der Waals surface area contributed by atoms with E-state index < -0.39 is 5.60 Å². The Balaban J connectivity index is 1.45. The van der Waals surface area contributed by atoms with Crippen molar-refractivity contribution in [1.82, 2.24) is 5.32 Å². The van der Waals surface area contributed by atoms with Crippen molar-refractivity contribution < 1.29 is 28.5 Å². The Morgan fingerprint density at radius 2 is 0.730 bits per heavy atom. The molecule has 11 nitrogen and oxygen atoms in total. The highest BCUT2D eigenvalue weighted by Crippen LogP contribution is 2.42. The van der Waals surface area contributed by atoms with Gasteiger partial charge in [0.25, 0.3) is 0 Å². The van der Waals surface area contributed by atoms with Crippen molar-refractivity contribution in [2.75, 3.05) is 55.9 Å². The summed E-state index contributed by atoms with van der Waals surface area (Å²) in [5, 5.41) is 2.85. The summed E-state index contributed by atoms with van der Waals surface area (Å²) >= 11 is 0. The van der Waals surface area contributed by atoms with Crippen molar-refractivity contribution in [1.29, 1.82) is 0 Å². The van der Waals surface area contributed by atoms with E-state index in [0.29, 0.717) is 81.4 Å². The van der Waals surface area contributed by atoms with E-state index in [1.54, 1.807) is 0 Å². The second kappa shape index (κ2) is 23.8. The molecule has 9 N–H and O–H groups in total. The zero-order valence-electron chi connectivity index (χ0n) is 39.0. The summed E-state index contributed by atoms with van der Waals surface area (Å²) in [6, 6.07) is 16.1. The minimum atomic E-state index is -0.483. The molecule has 1 amide bonds. The second-order valence-corrected chi connectivity index (χ2v) is 18.0. The van der Waals surface area contributed by atoms with Gasteiger partial charge in [-0.1, -0.05) is 59.3 Å². The molecule has 0 atom stereocenters. The Bertz CT molecular complexity index is 2000. The van der Waals surface area contributed by atoms with Gasteiger partial charge in [-0.2, -0.15) is 0 Å². The highest BCUT2D eigenvalue weighted by atomic mass is 16.6. The zero-order valence-corrected chi connectivity index (χ0v) is 39.0. The van der Waals surface area contributed by atoms with Crippen LogP contribution < -0.4 is 47.2 Å². The fourth-order valence-corrected chi connectivity index (χ4v) is 8.32. The van der Waals surface area contributed by atoms with E-state index in [-0.39, 0.29) is 6.09 Å². The van der Waals surface area contributed by atoms with E-state index >= 15 is 0 Å². The lowest BCUT2D eigenvalue weighted by Crippen LogP contribution is -2.32. The first-order valence-corrected chi connectivity index (χ1v) is 23.4. The van der Waals surface area contributed by atoms with Crippen molar-refractivity contribution in [3.8, 4) is 23.0 Å². The summed E-state index contributed by atoms with van der Waals surface area (Å²) in [5.74, 6) is 3.25. The first kappa shape index (κ1) is 48.6. The lowest BCUT2D eigenvalue weighted by Gasteiger charge is -2.24. The molecule has 8 bridgehead atoms. The van der Waals surface area contributed by atoms with Crippen LogP contribution >= 0.6 is 0 Å². The van der Waals surface area contributed by atoms with Gasteiger partial charge in [0.1, 0.15) is 28.6 Å². The van der Waals surface area contributed by atoms with Crippen LogP contribution in [0.25, 0.3) is 0 Å². The van der Waals surface area contributed by atoms with Crippen molar-refractivity contribution in [2.45, 2.75) is 143 Å². The fraction of sp³-hybridized carbons (Fsp3) is 0.519. The Morgan fingerprint density at radius 1 is 0.460 bits per heavy atom. The van der Waals surface area contributed by atoms with Gasteiger partial charge >= 0.3 is 6.09 Å². The van der Waals surface area contributed by atoms with Gasteiger partial charge < -0.3 is 51.9 Å². The molecule has 4 aromatic rings. The Kier molecular flexibility index (Phi) is 18.4. The van der Waals surface area contributed by atoms with Crippen LogP contribution in [0.4, 0.5) is 27.5 Å². The Morgan fingerprint density at radius 3 is 1.02 bits per heavy atom. The van der Waals surface area contributed by atoms with Crippen molar-refractivity contribution in [3.05, 3.63) is 93.0 Å². The molecular weight excluding hydrogens is 791 g/mol. The normalized spacial score (nSPS) is 12.4. The molecule has 344 valence electrons. The number of nitrogen functional groups attached to an aromatic ring is 4. The van der Waals surface area contributed by atoms with Crippen LogP contribution in [-0.4, -0.2) is 44.7 Å². The standard InChI is InChI=1S/C52H75N5O6/c1-7-19-59-47-35-23-37-29-44(54)31-39(48(37)60-20-8-2)25-41-33-46(56)34-42(26-40-32-45(55)30-38(49(40)61-21-9-3)24-36(47)28-43(53)27-35)50(41)62-22-17-15-13-11-10-12-14-16-18-57-51(58)63-52(4,5)6/h27-34H,7-26,53-56H2,1-6H3,(H,57,58). The van der Waals surface area contributed by atoms with Gasteiger partial charge in [-0.25, -0.2) is 4.79 Å². The van der Waals surface area contributed by atoms with Crippen LogP contribution in [0.3, 0.4) is 0 Å². The molecule has 11 heteroatoms. The quantitative estimate of drug-likeness (QED) is 0.0352. The number of nitrogens with one attached hydrogen (secondary N) is 1. The van der Waals surface area contributed by atoms with E-state index in [1.807, 2.05) is 69.3 Å². The Labute approximate surface area is 376 Å². The van der Waals surface area contributed by atoms with E-state index in [1.165, 1.54) is 6.42 Å². The molecule has 1 aliphatic carbocycles. The fourth-order valence-electron chi connectivity index (χ4n) is 8.32. The molecule has 5 rings (SSSR count). The predicted molar refractivity (Wildman–Crippen MR) is 259 cm³/mol. The molecule has 0 saturated heterocycles. The largest absolute Gasteiger partial charge is 0.493 e. The van der Waals surface area contributed by atoms with Crippen LogP contribution in [0.2, 0.25) is 0 Å². The second-order valence-electron chi connectivity index (χ2n) is 18.0. The van der Waals surface area contributed by atoms with Crippen molar-refractivity contribution >= 4 is 28.8 Å². The number of carbonyl (C=O) groups is 1. The molecule has 0 radical (unpaired) electrons. The highest BCUT2D eigenvalue weighted by molar-refractivity contribution is 5.67. The lowest BCUT2D eigenvalue weighted by atomic mass is 9.90. The van der Waals surface area contributed by atoms with E-state index in [0.717, 1.165) is 132 Å². The molecule has 0 unspecified atom stereocenters. The van der Waals surface area contributed by atoms with Crippen molar-refractivity contribution in [3.63, 3.8) is 0 Å². The van der Waals surface area contributed by atoms with Crippen LogP contribution in [0.15, 0.2) is 48.5 Å². The number of amides is 1. The first-order chi connectivity index (χ1) is 30.3. The minimum absolute atomic E-state index is 0.350. The molecule has 0 fully saturated rings. The van der Waals surface area contributed by atoms with Crippen LogP contribution in [0.5, 0.6) is 23.0 Å². The number of unbranched alkanes of at least 4 members (excludes halogenated alkanes) is 7. The average Bonchev–Trinajstić information content (AvgIpc) is 3.20. The van der Waals surface area contributed by atoms with Gasteiger partial charge in [0.15, 0.2) is 0 Å². The molecule has 0 spiro atoms. The third-order valence-electron chi connectivity index (χ3n) is 10.9. The number of benzene rings is 4. The van der Waals surface area contributed by atoms with E-state index in [2.05, 4.69) is 26.1 Å². The summed E-state index contributed by atoms with van der Waals surface area (Å²) in [5.41, 5.74) is 36.7. The van der Waals surface area contributed by atoms with Gasteiger partial charge in [-0.05, 0) is 101 Å². The minimum Gasteiger partial charge on any atom is -0.493 e. The van der Waals surface area contributed by atoms with Crippen molar-refractivity contribution in [2.24, 2.45) is 0 Å².